The van der Waals surface area contributed by atoms with E-state index in [1.807, 2.05) is 0 Å². The maximum atomic E-state index is 13.8. The smallest absolute Gasteiger partial charge is 0.335 e. The molecule has 2 aliphatic carbocycles. The molecule has 0 aromatic heterocycles. The maximum Gasteiger partial charge on any atom is 0.335 e. The summed E-state index contributed by atoms with van der Waals surface area (Å²) in [7, 11) is -3.99. The molecule has 1 fully saturated rings. The number of aliphatic hydroxyl groups excluding tert-OH is 2. The highest BCUT2D eigenvalue weighted by atomic mass is 35.5. The zero-order valence-corrected chi connectivity index (χ0v) is 19.6. The molecule has 5 atom stereocenters. The first-order valence-corrected chi connectivity index (χ1v) is 12.8. The van der Waals surface area contributed by atoms with Crippen LogP contribution in [0, 0.1) is 5.82 Å². The summed E-state index contributed by atoms with van der Waals surface area (Å²) in [5.74, 6) is -2.80. The summed E-state index contributed by atoms with van der Waals surface area (Å²) in [6.07, 6.45) is 0.324. The standard InChI is InChI=1S/C22H26ClFO8S/c1-2-30-21(27)14-9-22(31-16(10-25)17(11-26)32-22)6-5-18(14)33(28,29)19-4-3-12-7-13(24)8-15(23)20(12)19/h7-9,16-19,25-26H,2-6,10-11H2,1H3/t16-,17+,18-,19+,22?/m1/s1. The molecular weight excluding hydrogens is 479 g/mol. The molecule has 33 heavy (non-hydrogen) atoms. The first kappa shape index (κ1) is 24.6. The van der Waals surface area contributed by atoms with E-state index in [-0.39, 0.29) is 36.5 Å². The van der Waals surface area contributed by atoms with Gasteiger partial charge in [0.2, 0.25) is 0 Å². The third kappa shape index (κ3) is 4.33. The van der Waals surface area contributed by atoms with Crippen molar-refractivity contribution in [2.75, 3.05) is 19.8 Å². The minimum absolute atomic E-state index is 0.00603. The van der Waals surface area contributed by atoms with E-state index in [1.165, 1.54) is 12.1 Å². The Labute approximate surface area is 196 Å². The number of fused-ring (bicyclic) bond motifs is 1. The fourth-order valence-corrected chi connectivity index (χ4v) is 7.82. The van der Waals surface area contributed by atoms with Crippen LogP contribution in [0.5, 0.6) is 0 Å². The van der Waals surface area contributed by atoms with Gasteiger partial charge in [-0.25, -0.2) is 17.6 Å². The van der Waals surface area contributed by atoms with Gasteiger partial charge in [0.1, 0.15) is 18.0 Å². The van der Waals surface area contributed by atoms with Gasteiger partial charge in [-0.1, -0.05) is 11.6 Å². The van der Waals surface area contributed by atoms with Crippen LogP contribution < -0.4 is 0 Å². The average molecular weight is 505 g/mol. The van der Waals surface area contributed by atoms with Gasteiger partial charge in [0.05, 0.1) is 35.9 Å². The van der Waals surface area contributed by atoms with Crippen molar-refractivity contribution in [1.82, 2.24) is 0 Å². The summed E-state index contributed by atoms with van der Waals surface area (Å²) >= 11 is 6.23. The summed E-state index contributed by atoms with van der Waals surface area (Å²) in [5.41, 5.74) is 0.794. The molecule has 4 rings (SSSR count). The van der Waals surface area contributed by atoms with Gasteiger partial charge >= 0.3 is 5.97 Å². The van der Waals surface area contributed by atoms with Gasteiger partial charge in [-0.05, 0) is 55.5 Å². The maximum absolute atomic E-state index is 13.8. The predicted octanol–water partition coefficient (Wildman–Crippen LogP) is 2.00. The highest BCUT2D eigenvalue weighted by molar-refractivity contribution is 7.92. The molecule has 3 aliphatic rings. The van der Waals surface area contributed by atoms with Gasteiger partial charge in [0.15, 0.2) is 15.6 Å². The van der Waals surface area contributed by atoms with E-state index < -0.39 is 63.3 Å². The molecule has 0 saturated carbocycles. The van der Waals surface area contributed by atoms with Crippen LogP contribution in [0.3, 0.4) is 0 Å². The molecule has 1 spiro atoms. The lowest BCUT2D eigenvalue weighted by molar-refractivity contribution is -0.154. The van der Waals surface area contributed by atoms with Gasteiger partial charge in [-0.15, -0.1) is 0 Å². The highest BCUT2D eigenvalue weighted by Gasteiger charge is 2.53. The minimum atomic E-state index is -3.99. The summed E-state index contributed by atoms with van der Waals surface area (Å²) in [4.78, 5) is 12.8. The molecule has 1 aliphatic heterocycles. The quantitative estimate of drug-likeness (QED) is 0.564. The molecule has 1 unspecified atom stereocenters. The molecule has 1 heterocycles. The van der Waals surface area contributed by atoms with Crippen LogP contribution in [0.4, 0.5) is 4.39 Å². The third-order valence-electron chi connectivity index (χ3n) is 6.44. The Morgan fingerprint density at radius 1 is 1.21 bits per heavy atom. The number of aliphatic hydroxyl groups is 2. The van der Waals surface area contributed by atoms with Crippen molar-refractivity contribution >= 4 is 27.4 Å². The van der Waals surface area contributed by atoms with Gasteiger partial charge in [-0.2, -0.15) is 0 Å². The van der Waals surface area contributed by atoms with Crippen molar-refractivity contribution < 1.29 is 42.0 Å². The van der Waals surface area contributed by atoms with Crippen LogP contribution >= 0.6 is 11.6 Å². The molecule has 11 heteroatoms. The topological polar surface area (TPSA) is 119 Å². The first-order chi connectivity index (χ1) is 15.7. The molecule has 182 valence electrons. The summed E-state index contributed by atoms with van der Waals surface area (Å²) in [6.45, 7) is 0.818. The normalized spacial score (nSPS) is 31.5. The number of carbonyl (C=O) groups is 1. The lowest BCUT2D eigenvalue weighted by Gasteiger charge is -2.34. The number of benzene rings is 1. The molecule has 8 nitrogen and oxygen atoms in total. The van der Waals surface area contributed by atoms with E-state index in [0.29, 0.717) is 17.5 Å². The summed E-state index contributed by atoms with van der Waals surface area (Å²) in [5, 5.41) is 16.9. The van der Waals surface area contributed by atoms with Gasteiger partial charge in [-0.3, -0.25) is 0 Å². The molecule has 1 aromatic carbocycles. The first-order valence-electron chi connectivity index (χ1n) is 10.8. The zero-order valence-electron chi connectivity index (χ0n) is 18.0. The Hall–Kier alpha value is -1.56. The van der Waals surface area contributed by atoms with E-state index in [1.54, 1.807) is 6.92 Å². The van der Waals surface area contributed by atoms with E-state index >= 15 is 0 Å². The predicted molar refractivity (Wildman–Crippen MR) is 116 cm³/mol. The molecule has 0 bridgehead atoms. The Balaban J connectivity index is 1.73. The van der Waals surface area contributed by atoms with Crippen molar-refractivity contribution in [2.24, 2.45) is 0 Å². The number of hydrogen-bond acceptors (Lipinski definition) is 8. The van der Waals surface area contributed by atoms with Crippen LogP contribution in [-0.2, 0) is 35.3 Å². The Morgan fingerprint density at radius 3 is 2.48 bits per heavy atom. The minimum Gasteiger partial charge on any atom is -0.463 e. The SMILES string of the molecule is CCOC(=O)C1=CC2(CC[C@H]1S(=O)(=O)[C@H]1CCc3cc(F)cc(Cl)c31)O[C@@H](CO)[C@@H](CO)O2. The van der Waals surface area contributed by atoms with E-state index in [4.69, 9.17) is 25.8 Å². The molecule has 1 aromatic rings. The number of esters is 1. The van der Waals surface area contributed by atoms with Crippen LogP contribution in [-0.4, -0.2) is 67.7 Å². The summed E-state index contributed by atoms with van der Waals surface area (Å²) < 4.78 is 58.1. The number of aryl methyl sites for hydroxylation is 1. The molecule has 2 N–H and O–H groups in total. The number of rotatable bonds is 6. The fraction of sp³-hybridized carbons (Fsp3) is 0.591. The number of halogens is 2. The Bertz CT molecular complexity index is 1060. The number of sulfone groups is 1. The molecule has 0 radical (unpaired) electrons. The average Bonchev–Trinajstić information content (AvgIpc) is 3.35. The van der Waals surface area contributed by atoms with Crippen molar-refractivity contribution in [2.45, 2.75) is 61.1 Å². The highest BCUT2D eigenvalue weighted by Crippen LogP contribution is 2.48. The second-order valence-electron chi connectivity index (χ2n) is 8.41. The van der Waals surface area contributed by atoms with Crippen molar-refractivity contribution in [1.29, 1.82) is 0 Å². The van der Waals surface area contributed by atoms with Crippen LogP contribution in [0.25, 0.3) is 0 Å². The van der Waals surface area contributed by atoms with Gasteiger partial charge < -0.3 is 24.4 Å². The third-order valence-corrected chi connectivity index (χ3v) is 9.30. The van der Waals surface area contributed by atoms with E-state index in [2.05, 4.69) is 0 Å². The zero-order chi connectivity index (χ0) is 24.0. The second-order valence-corrected chi connectivity index (χ2v) is 11.1. The molecule has 1 saturated heterocycles. The van der Waals surface area contributed by atoms with Crippen molar-refractivity contribution in [3.05, 3.63) is 45.7 Å². The van der Waals surface area contributed by atoms with Crippen LogP contribution in [0.15, 0.2) is 23.8 Å². The monoisotopic (exact) mass is 504 g/mol. The second kappa shape index (κ2) is 9.24. The van der Waals surface area contributed by atoms with Crippen molar-refractivity contribution in [3.63, 3.8) is 0 Å². The van der Waals surface area contributed by atoms with Crippen LogP contribution in [0.2, 0.25) is 5.02 Å². The number of hydrogen-bond donors (Lipinski definition) is 2. The summed E-state index contributed by atoms with van der Waals surface area (Å²) in [6, 6.07) is 2.38. The van der Waals surface area contributed by atoms with E-state index in [0.717, 1.165) is 6.07 Å². The largest absolute Gasteiger partial charge is 0.463 e. The number of carbonyl (C=O) groups excluding carboxylic acids is 1. The van der Waals surface area contributed by atoms with Crippen LogP contribution in [0.1, 0.15) is 42.6 Å². The number of ether oxygens (including phenoxy) is 3. The molecular formula is C22H26ClFO8S. The van der Waals surface area contributed by atoms with Gasteiger partial charge in [0, 0.05) is 11.4 Å². The van der Waals surface area contributed by atoms with E-state index in [9.17, 15) is 27.8 Å². The Kier molecular flexibility index (Phi) is 6.88. The fourth-order valence-electron chi connectivity index (χ4n) is 4.99. The molecule has 0 amide bonds. The van der Waals surface area contributed by atoms with Gasteiger partial charge in [0.25, 0.3) is 0 Å². The van der Waals surface area contributed by atoms with Crippen molar-refractivity contribution in [3.8, 4) is 0 Å². The lowest BCUT2D eigenvalue weighted by Crippen LogP contribution is -2.42. The Morgan fingerprint density at radius 2 is 1.88 bits per heavy atom. The lowest BCUT2D eigenvalue weighted by atomic mass is 9.94.